The van der Waals surface area contributed by atoms with Gasteiger partial charge in [0, 0.05) is 12.8 Å². The Morgan fingerprint density at radius 2 is 2.14 bits per heavy atom. The third-order valence-electron chi connectivity index (χ3n) is 3.66. The molecule has 0 saturated carbocycles. The number of hydrogen-bond acceptors (Lipinski definition) is 4. The van der Waals surface area contributed by atoms with Gasteiger partial charge in [-0.2, -0.15) is 0 Å². The number of benzene rings is 1. The third-order valence-corrected chi connectivity index (χ3v) is 3.99. The minimum atomic E-state index is -0.803. The lowest BCUT2D eigenvalue weighted by Crippen LogP contribution is -2.56. The van der Waals surface area contributed by atoms with Gasteiger partial charge in [-0.1, -0.05) is 23.7 Å². The first-order chi connectivity index (χ1) is 9.88. The number of anilines is 1. The molecule has 116 valence electrons. The van der Waals surface area contributed by atoms with Gasteiger partial charge in [0.2, 0.25) is 0 Å². The maximum absolute atomic E-state index is 12.5. The van der Waals surface area contributed by atoms with E-state index in [0.717, 1.165) is 5.69 Å². The summed E-state index contributed by atoms with van der Waals surface area (Å²) >= 11 is 6.21. The molecule has 1 N–H and O–H groups in total. The number of rotatable bonds is 4. The second-order valence-electron chi connectivity index (χ2n) is 5.94. The van der Waals surface area contributed by atoms with Crippen LogP contribution in [0.2, 0.25) is 5.02 Å². The summed E-state index contributed by atoms with van der Waals surface area (Å²) in [6.45, 7) is 6.63. The molecule has 2 rings (SSSR count). The SMILES string of the molecule is CCOC(=O)C1(Nc2ccccc2Cl)CCOC(C)(C)C1. The number of hydrogen-bond donors (Lipinski definition) is 1. The van der Waals surface area contributed by atoms with Gasteiger partial charge in [0.1, 0.15) is 5.54 Å². The number of ether oxygens (including phenoxy) is 2. The molecule has 0 bridgehead atoms. The van der Waals surface area contributed by atoms with E-state index >= 15 is 0 Å². The maximum atomic E-state index is 12.5. The maximum Gasteiger partial charge on any atom is 0.331 e. The van der Waals surface area contributed by atoms with E-state index in [1.165, 1.54) is 0 Å². The lowest BCUT2D eigenvalue weighted by atomic mass is 9.81. The van der Waals surface area contributed by atoms with Crippen LogP contribution >= 0.6 is 11.6 Å². The van der Waals surface area contributed by atoms with Crippen LogP contribution in [0.25, 0.3) is 0 Å². The van der Waals surface area contributed by atoms with Crippen molar-refractivity contribution in [3.05, 3.63) is 29.3 Å². The quantitative estimate of drug-likeness (QED) is 0.862. The van der Waals surface area contributed by atoms with Crippen LogP contribution in [0.15, 0.2) is 24.3 Å². The summed E-state index contributed by atoms with van der Waals surface area (Å²) in [5.41, 5.74) is -0.452. The molecular weight excluding hydrogens is 290 g/mol. The summed E-state index contributed by atoms with van der Waals surface area (Å²) in [6, 6.07) is 7.41. The van der Waals surface area contributed by atoms with Crippen molar-refractivity contribution < 1.29 is 14.3 Å². The zero-order chi connectivity index (χ0) is 15.5. The van der Waals surface area contributed by atoms with E-state index in [-0.39, 0.29) is 11.6 Å². The molecule has 1 fully saturated rings. The van der Waals surface area contributed by atoms with Gasteiger partial charge < -0.3 is 14.8 Å². The molecule has 1 aliphatic rings. The first kappa shape index (κ1) is 16.1. The number of nitrogens with one attached hydrogen (secondary N) is 1. The minimum absolute atomic E-state index is 0.249. The Bertz CT molecular complexity index is 518. The van der Waals surface area contributed by atoms with E-state index < -0.39 is 5.54 Å². The molecule has 0 aromatic heterocycles. The smallest absolute Gasteiger partial charge is 0.331 e. The van der Waals surface area contributed by atoms with Gasteiger partial charge in [0.15, 0.2) is 0 Å². The zero-order valence-electron chi connectivity index (χ0n) is 12.7. The summed E-state index contributed by atoms with van der Waals surface area (Å²) in [6.07, 6.45) is 1.09. The Morgan fingerprint density at radius 3 is 2.76 bits per heavy atom. The monoisotopic (exact) mass is 311 g/mol. The Kier molecular flexibility index (Phi) is 4.79. The average Bonchev–Trinajstić information content (AvgIpc) is 2.40. The van der Waals surface area contributed by atoms with Crippen LogP contribution in [0.4, 0.5) is 5.69 Å². The van der Waals surface area contributed by atoms with E-state index in [4.69, 9.17) is 21.1 Å². The second-order valence-corrected chi connectivity index (χ2v) is 6.35. The molecule has 1 saturated heterocycles. The predicted molar refractivity (Wildman–Crippen MR) is 83.7 cm³/mol. The molecule has 0 spiro atoms. The normalized spacial score (nSPS) is 24.4. The molecule has 1 unspecified atom stereocenters. The lowest BCUT2D eigenvalue weighted by molar-refractivity contribution is -0.158. The molecule has 1 aromatic carbocycles. The third kappa shape index (κ3) is 3.69. The van der Waals surface area contributed by atoms with Gasteiger partial charge in [-0.25, -0.2) is 4.79 Å². The van der Waals surface area contributed by atoms with Crippen LogP contribution in [0.3, 0.4) is 0 Å². The molecule has 1 atom stereocenters. The Balaban J connectivity index is 2.32. The highest BCUT2D eigenvalue weighted by atomic mass is 35.5. The fraction of sp³-hybridized carbons (Fsp3) is 0.562. The molecule has 4 nitrogen and oxygen atoms in total. The van der Waals surface area contributed by atoms with Crippen LogP contribution < -0.4 is 5.32 Å². The predicted octanol–water partition coefficient (Wildman–Crippen LogP) is 3.64. The molecule has 0 amide bonds. The standard InChI is InChI=1S/C16H22ClNO3/c1-4-20-14(19)16(9-10-21-15(2,3)11-16)18-13-8-6-5-7-12(13)17/h5-8,18H,4,9-11H2,1-3H3. The lowest BCUT2D eigenvalue weighted by Gasteiger charge is -2.43. The van der Waals surface area contributed by atoms with Gasteiger partial charge >= 0.3 is 5.97 Å². The fourth-order valence-corrected chi connectivity index (χ4v) is 2.97. The highest BCUT2D eigenvalue weighted by molar-refractivity contribution is 6.33. The summed E-state index contributed by atoms with van der Waals surface area (Å²) in [7, 11) is 0. The topological polar surface area (TPSA) is 47.6 Å². The van der Waals surface area contributed by atoms with Crippen molar-refractivity contribution in [3.63, 3.8) is 0 Å². The number of carbonyl (C=O) groups excluding carboxylic acids is 1. The van der Waals surface area contributed by atoms with E-state index in [1.807, 2.05) is 39.0 Å². The summed E-state index contributed by atoms with van der Waals surface area (Å²) in [5, 5.41) is 3.90. The van der Waals surface area contributed by atoms with Crippen LogP contribution in [0.1, 0.15) is 33.6 Å². The highest BCUT2D eigenvalue weighted by Crippen LogP contribution is 2.37. The van der Waals surface area contributed by atoms with Crippen molar-refractivity contribution in [2.45, 2.75) is 44.8 Å². The molecule has 21 heavy (non-hydrogen) atoms. The first-order valence-electron chi connectivity index (χ1n) is 7.22. The van der Waals surface area contributed by atoms with Crippen molar-refractivity contribution in [2.75, 3.05) is 18.5 Å². The highest BCUT2D eigenvalue weighted by Gasteiger charge is 2.47. The Morgan fingerprint density at radius 1 is 1.43 bits per heavy atom. The minimum Gasteiger partial charge on any atom is -0.464 e. The Labute approximate surface area is 130 Å². The van der Waals surface area contributed by atoms with E-state index in [1.54, 1.807) is 6.07 Å². The largest absolute Gasteiger partial charge is 0.464 e. The van der Waals surface area contributed by atoms with E-state index in [2.05, 4.69) is 5.32 Å². The van der Waals surface area contributed by atoms with Crippen molar-refractivity contribution in [1.82, 2.24) is 0 Å². The van der Waals surface area contributed by atoms with Gasteiger partial charge in [0.05, 0.1) is 29.5 Å². The first-order valence-corrected chi connectivity index (χ1v) is 7.60. The molecule has 0 aliphatic carbocycles. The summed E-state index contributed by atoms with van der Waals surface area (Å²) < 4.78 is 11.0. The molecule has 1 aliphatic heterocycles. The Hall–Kier alpha value is -1.26. The van der Waals surface area contributed by atoms with Crippen molar-refractivity contribution in [1.29, 1.82) is 0 Å². The number of carbonyl (C=O) groups is 1. The van der Waals surface area contributed by atoms with Gasteiger partial charge in [-0.15, -0.1) is 0 Å². The van der Waals surface area contributed by atoms with Crippen LogP contribution in [0.5, 0.6) is 0 Å². The number of para-hydroxylation sites is 1. The average molecular weight is 312 g/mol. The molecule has 5 heteroatoms. The number of halogens is 1. The molecule has 1 aromatic rings. The number of esters is 1. The summed E-state index contributed by atoms with van der Waals surface area (Å²) in [5.74, 6) is -0.249. The van der Waals surface area contributed by atoms with Crippen molar-refractivity contribution in [3.8, 4) is 0 Å². The fourth-order valence-electron chi connectivity index (χ4n) is 2.79. The van der Waals surface area contributed by atoms with Crippen LogP contribution in [-0.4, -0.2) is 30.3 Å². The van der Waals surface area contributed by atoms with Crippen LogP contribution in [-0.2, 0) is 14.3 Å². The molecular formula is C16H22ClNO3. The molecule has 1 heterocycles. The molecule has 0 radical (unpaired) electrons. The summed E-state index contributed by atoms with van der Waals surface area (Å²) in [4.78, 5) is 12.5. The van der Waals surface area contributed by atoms with Crippen molar-refractivity contribution >= 4 is 23.3 Å². The van der Waals surface area contributed by atoms with Gasteiger partial charge in [0.25, 0.3) is 0 Å². The van der Waals surface area contributed by atoms with E-state index in [0.29, 0.717) is 31.1 Å². The second kappa shape index (κ2) is 6.24. The van der Waals surface area contributed by atoms with E-state index in [9.17, 15) is 4.79 Å². The van der Waals surface area contributed by atoms with Gasteiger partial charge in [-0.3, -0.25) is 0 Å². The van der Waals surface area contributed by atoms with Crippen molar-refractivity contribution in [2.24, 2.45) is 0 Å². The zero-order valence-corrected chi connectivity index (χ0v) is 13.5. The van der Waals surface area contributed by atoms with Gasteiger partial charge in [-0.05, 0) is 32.9 Å². The van der Waals surface area contributed by atoms with Crippen LogP contribution in [0, 0.1) is 0 Å².